The van der Waals surface area contributed by atoms with Crippen LogP contribution in [-0.2, 0) is 0 Å². The Morgan fingerprint density at radius 1 is 1.28 bits per heavy atom. The summed E-state index contributed by atoms with van der Waals surface area (Å²) in [7, 11) is 0. The van der Waals surface area contributed by atoms with Gasteiger partial charge in [-0.3, -0.25) is 4.90 Å². The monoisotopic (exact) mass is 314 g/mol. The molecule has 4 heteroatoms. The maximum Gasteiger partial charge on any atom is 0.0558 e. The van der Waals surface area contributed by atoms with Gasteiger partial charge in [0.05, 0.1) is 6.61 Å². The van der Waals surface area contributed by atoms with E-state index in [1.54, 1.807) is 0 Å². The Labute approximate surface area is 118 Å². The number of hydrogen-bond donors (Lipinski definition) is 2. The van der Waals surface area contributed by atoms with Crippen LogP contribution in [0.4, 0.5) is 0 Å². The Morgan fingerprint density at radius 2 is 1.89 bits per heavy atom. The van der Waals surface area contributed by atoms with Crippen molar-refractivity contribution < 1.29 is 5.11 Å². The van der Waals surface area contributed by atoms with E-state index in [0.717, 1.165) is 17.4 Å². The van der Waals surface area contributed by atoms with Crippen LogP contribution in [0.15, 0.2) is 28.7 Å². The van der Waals surface area contributed by atoms with E-state index >= 15 is 0 Å². The molecular formula is C14H23BrN2O. The lowest BCUT2D eigenvalue weighted by atomic mass is 9.99. The Bertz CT molecular complexity index is 334. The third-order valence-electron chi connectivity index (χ3n) is 3.00. The minimum absolute atomic E-state index is 0.0317. The van der Waals surface area contributed by atoms with Crippen molar-refractivity contribution in [1.29, 1.82) is 0 Å². The van der Waals surface area contributed by atoms with Gasteiger partial charge in [0.2, 0.25) is 0 Å². The maximum absolute atomic E-state index is 9.20. The standard InChI is InChI=1S/C14H23BrN2O/c1-3-8-17(9-10-18)14(11(2)16)12-4-6-13(15)7-5-12/h4-7,11,14,18H,3,8-10,16H2,1-2H3. The summed E-state index contributed by atoms with van der Waals surface area (Å²) in [5, 5.41) is 9.20. The number of aliphatic hydroxyl groups excluding tert-OH is 1. The SMILES string of the molecule is CCCN(CCO)C(c1ccc(Br)cc1)C(C)N. The van der Waals surface area contributed by atoms with E-state index in [-0.39, 0.29) is 18.7 Å². The summed E-state index contributed by atoms with van der Waals surface area (Å²) in [6, 6.07) is 8.45. The highest BCUT2D eigenvalue weighted by Gasteiger charge is 2.22. The van der Waals surface area contributed by atoms with E-state index in [2.05, 4.69) is 39.9 Å². The Hall–Kier alpha value is -0.420. The van der Waals surface area contributed by atoms with Crippen LogP contribution in [0.25, 0.3) is 0 Å². The van der Waals surface area contributed by atoms with Crippen LogP contribution in [-0.4, -0.2) is 35.7 Å². The van der Waals surface area contributed by atoms with Crippen LogP contribution in [0.5, 0.6) is 0 Å². The zero-order valence-corrected chi connectivity index (χ0v) is 12.7. The largest absolute Gasteiger partial charge is 0.395 e. The van der Waals surface area contributed by atoms with E-state index in [9.17, 15) is 5.11 Å². The van der Waals surface area contributed by atoms with Gasteiger partial charge >= 0.3 is 0 Å². The summed E-state index contributed by atoms with van der Waals surface area (Å²) in [6.45, 7) is 5.94. The highest BCUT2D eigenvalue weighted by Crippen LogP contribution is 2.25. The third kappa shape index (κ3) is 4.35. The number of nitrogens with zero attached hydrogens (tertiary/aromatic N) is 1. The molecule has 0 aliphatic carbocycles. The second kappa shape index (κ2) is 7.89. The number of hydrogen-bond acceptors (Lipinski definition) is 3. The third-order valence-corrected chi connectivity index (χ3v) is 3.53. The van der Waals surface area contributed by atoms with Crippen LogP contribution >= 0.6 is 15.9 Å². The molecule has 0 aliphatic rings. The predicted octanol–water partition coefficient (Wildman–Crippen LogP) is 2.54. The van der Waals surface area contributed by atoms with Crippen molar-refractivity contribution in [2.75, 3.05) is 19.7 Å². The van der Waals surface area contributed by atoms with Crippen LogP contribution < -0.4 is 5.73 Å². The lowest BCUT2D eigenvalue weighted by Crippen LogP contribution is -2.41. The molecule has 0 saturated heterocycles. The first-order valence-corrected chi connectivity index (χ1v) is 7.25. The summed E-state index contributed by atoms with van der Waals surface area (Å²) in [4.78, 5) is 2.26. The summed E-state index contributed by atoms with van der Waals surface area (Å²) in [6.07, 6.45) is 1.06. The van der Waals surface area contributed by atoms with Gasteiger partial charge in [0, 0.05) is 23.1 Å². The molecule has 0 amide bonds. The molecule has 0 radical (unpaired) electrons. The Morgan fingerprint density at radius 3 is 2.33 bits per heavy atom. The summed E-state index contributed by atoms with van der Waals surface area (Å²) >= 11 is 3.45. The minimum atomic E-state index is 0.0317. The number of aliphatic hydroxyl groups is 1. The Kier molecular flexibility index (Phi) is 6.86. The highest BCUT2D eigenvalue weighted by molar-refractivity contribution is 9.10. The predicted molar refractivity (Wildman–Crippen MR) is 79.5 cm³/mol. The molecule has 0 heterocycles. The number of nitrogens with two attached hydrogens (primary N) is 1. The van der Waals surface area contributed by atoms with Crippen molar-refractivity contribution in [3.05, 3.63) is 34.3 Å². The molecule has 1 aromatic rings. The average Bonchev–Trinajstić information content (AvgIpc) is 2.32. The van der Waals surface area contributed by atoms with E-state index < -0.39 is 0 Å². The second-order valence-corrected chi connectivity index (χ2v) is 5.53. The van der Waals surface area contributed by atoms with E-state index in [1.807, 2.05) is 19.1 Å². The minimum Gasteiger partial charge on any atom is -0.395 e. The first-order chi connectivity index (χ1) is 8.60. The van der Waals surface area contributed by atoms with Gasteiger partial charge < -0.3 is 10.8 Å². The quantitative estimate of drug-likeness (QED) is 0.813. The molecule has 2 atom stereocenters. The first kappa shape index (κ1) is 15.6. The second-order valence-electron chi connectivity index (χ2n) is 4.62. The fourth-order valence-corrected chi connectivity index (χ4v) is 2.58. The van der Waals surface area contributed by atoms with E-state index in [4.69, 9.17) is 5.73 Å². The van der Waals surface area contributed by atoms with Gasteiger partial charge in [0.25, 0.3) is 0 Å². The van der Waals surface area contributed by atoms with Gasteiger partial charge in [-0.25, -0.2) is 0 Å². The first-order valence-electron chi connectivity index (χ1n) is 6.46. The van der Waals surface area contributed by atoms with Crippen LogP contribution in [0.1, 0.15) is 31.9 Å². The molecule has 2 unspecified atom stereocenters. The average molecular weight is 315 g/mol. The van der Waals surface area contributed by atoms with E-state index in [1.165, 1.54) is 5.56 Å². The van der Waals surface area contributed by atoms with Gasteiger partial charge in [-0.2, -0.15) is 0 Å². The van der Waals surface area contributed by atoms with Gasteiger partial charge in [-0.05, 0) is 37.6 Å². The topological polar surface area (TPSA) is 49.5 Å². The molecular weight excluding hydrogens is 292 g/mol. The van der Waals surface area contributed by atoms with Crippen molar-refractivity contribution in [3.63, 3.8) is 0 Å². The summed E-state index contributed by atoms with van der Waals surface area (Å²) < 4.78 is 1.07. The van der Waals surface area contributed by atoms with Crippen molar-refractivity contribution in [3.8, 4) is 0 Å². The van der Waals surface area contributed by atoms with Crippen molar-refractivity contribution in [2.45, 2.75) is 32.4 Å². The van der Waals surface area contributed by atoms with Crippen molar-refractivity contribution in [1.82, 2.24) is 4.90 Å². The number of benzene rings is 1. The van der Waals surface area contributed by atoms with Crippen LogP contribution in [0, 0.1) is 0 Å². The van der Waals surface area contributed by atoms with Crippen molar-refractivity contribution in [2.24, 2.45) is 5.73 Å². The summed E-state index contributed by atoms with van der Waals surface area (Å²) in [5.74, 6) is 0. The molecule has 102 valence electrons. The van der Waals surface area contributed by atoms with E-state index in [0.29, 0.717) is 6.54 Å². The lowest BCUT2D eigenvalue weighted by Gasteiger charge is -2.34. The van der Waals surface area contributed by atoms with Gasteiger partial charge in [0.1, 0.15) is 0 Å². The fourth-order valence-electron chi connectivity index (χ4n) is 2.31. The Balaban J connectivity index is 2.95. The molecule has 0 fully saturated rings. The van der Waals surface area contributed by atoms with Gasteiger partial charge in [-0.15, -0.1) is 0 Å². The smallest absolute Gasteiger partial charge is 0.0558 e. The molecule has 3 N–H and O–H groups in total. The summed E-state index contributed by atoms with van der Waals surface area (Å²) in [5.41, 5.74) is 7.34. The molecule has 0 saturated carbocycles. The molecule has 1 rings (SSSR count). The molecule has 0 spiro atoms. The zero-order chi connectivity index (χ0) is 13.5. The molecule has 18 heavy (non-hydrogen) atoms. The van der Waals surface area contributed by atoms with Gasteiger partial charge in [0.15, 0.2) is 0 Å². The molecule has 3 nitrogen and oxygen atoms in total. The maximum atomic E-state index is 9.20. The zero-order valence-electron chi connectivity index (χ0n) is 11.1. The molecule has 1 aromatic carbocycles. The molecule has 0 bridgehead atoms. The molecule has 0 aliphatic heterocycles. The van der Waals surface area contributed by atoms with Crippen LogP contribution in [0.3, 0.4) is 0 Å². The normalized spacial score (nSPS) is 14.8. The van der Waals surface area contributed by atoms with Gasteiger partial charge in [-0.1, -0.05) is 35.0 Å². The lowest BCUT2D eigenvalue weighted by molar-refractivity contribution is 0.137. The fraction of sp³-hybridized carbons (Fsp3) is 0.571. The number of rotatable bonds is 7. The number of halogens is 1. The highest BCUT2D eigenvalue weighted by atomic mass is 79.9. The van der Waals surface area contributed by atoms with Crippen molar-refractivity contribution >= 4 is 15.9 Å². The van der Waals surface area contributed by atoms with Crippen LogP contribution in [0.2, 0.25) is 0 Å². The molecule has 0 aromatic heterocycles.